The molecule has 1 unspecified atom stereocenters. The Balaban J connectivity index is 2.77. The molecule has 6 heteroatoms. The van der Waals surface area contributed by atoms with E-state index in [-0.39, 0.29) is 11.8 Å². The molecular formula is C14H21Br2NO2S. The zero-order chi connectivity index (χ0) is 15.2. The molecule has 114 valence electrons. The number of hydrogen-bond acceptors (Lipinski definition) is 3. The maximum atomic E-state index is 11.2. The van der Waals surface area contributed by atoms with Crippen molar-refractivity contribution < 1.29 is 8.42 Å². The minimum absolute atomic E-state index is 0.180. The Bertz CT molecular complexity index is 532. The fourth-order valence-corrected chi connectivity index (χ4v) is 4.03. The summed E-state index contributed by atoms with van der Waals surface area (Å²) in [7, 11) is -2.89. The molecule has 0 aliphatic carbocycles. The van der Waals surface area contributed by atoms with E-state index in [1.54, 1.807) is 0 Å². The van der Waals surface area contributed by atoms with Gasteiger partial charge in [-0.15, -0.1) is 0 Å². The first-order valence-electron chi connectivity index (χ1n) is 6.69. The van der Waals surface area contributed by atoms with Crippen molar-refractivity contribution in [1.29, 1.82) is 0 Å². The third-order valence-electron chi connectivity index (χ3n) is 2.99. The van der Waals surface area contributed by atoms with Gasteiger partial charge in [-0.3, -0.25) is 0 Å². The molecule has 0 fully saturated rings. The highest BCUT2D eigenvalue weighted by Crippen LogP contribution is 2.29. The quantitative estimate of drug-likeness (QED) is 0.681. The van der Waals surface area contributed by atoms with Crippen LogP contribution < -0.4 is 5.32 Å². The van der Waals surface area contributed by atoms with E-state index in [4.69, 9.17) is 0 Å². The second kappa shape index (κ2) is 8.51. The van der Waals surface area contributed by atoms with Crippen LogP contribution in [-0.4, -0.2) is 27.0 Å². The second-order valence-electron chi connectivity index (χ2n) is 4.94. The molecule has 0 bridgehead atoms. The van der Waals surface area contributed by atoms with Crippen LogP contribution in [0.4, 0.5) is 0 Å². The van der Waals surface area contributed by atoms with Crippen LogP contribution in [0, 0.1) is 0 Å². The molecule has 1 rings (SSSR count). The van der Waals surface area contributed by atoms with E-state index in [1.807, 2.05) is 12.1 Å². The lowest BCUT2D eigenvalue weighted by Gasteiger charge is -2.20. The Kier molecular flexibility index (Phi) is 7.72. The minimum Gasteiger partial charge on any atom is -0.310 e. The van der Waals surface area contributed by atoms with E-state index in [1.165, 1.54) is 11.8 Å². The Morgan fingerprint density at radius 3 is 2.55 bits per heavy atom. The van der Waals surface area contributed by atoms with Crippen LogP contribution in [0.5, 0.6) is 0 Å². The Labute approximate surface area is 138 Å². The topological polar surface area (TPSA) is 46.2 Å². The second-order valence-corrected chi connectivity index (χ2v) is 8.97. The first kappa shape index (κ1) is 18.1. The maximum absolute atomic E-state index is 11.2. The third kappa shape index (κ3) is 6.70. The normalized spacial score (nSPS) is 13.4. The lowest BCUT2D eigenvalue weighted by atomic mass is 10.0. The van der Waals surface area contributed by atoms with Gasteiger partial charge in [-0.05, 0) is 43.5 Å². The summed E-state index contributed by atoms with van der Waals surface area (Å²) in [6.45, 7) is 3.04. The molecule has 0 spiro atoms. The molecule has 0 radical (unpaired) electrons. The first-order chi connectivity index (χ1) is 9.33. The summed E-state index contributed by atoms with van der Waals surface area (Å²) >= 11 is 7.03. The number of nitrogens with one attached hydrogen (secondary N) is 1. The number of hydrogen-bond donors (Lipinski definition) is 1. The van der Waals surface area contributed by atoms with Crippen LogP contribution in [0.1, 0.15) is 37.8 Å². The average molecular weight is 427 g/mol. The first-order valence-corrected chi connectivity index (χ1v) is 10.3. The van der Waals surface area contributed by atoms with E-state index >= 15 is 0 Å². The van der Waals surface area contributed by atoms with Gasteiger partial charge in [-0.25, -0.2) is 8.42 Å². The standard InChI is InChI=1S/C14H21Br2NO2S/c1-3-8-17-14(5-4-9-20(2,18)19)12-7-6-11(15)10-13(12)16/h6-7,10,14,17H,3-5,8-9H2,1-2H3. The lowest BCUT2D eigenvalue weighted by Crippen LogP contribution is -2.23. The highest BCUT2D eigenvalue weighted by Gasteiger charge is 2.15. The van der Waals surface area contributed by atoms with Gasteiger partial charge in [0.2, 0.25) is 0 Å². The lowest BCUT2D eigenvalue weighted by molar-refractivity contribution is 0.491. The van der Waals surface area contributed by atoms with Crippen molar-refractivity contribution in [3.63, 3.8) is 0 Å². The third-order valence-corrected chi connectivity index (χ3v) is 5.20. The van der Waals surface area contributed by atoms with E-state index in [0.717, 1.165) is 28.3 Å². The Morgan fingerprint density at radius 1 is 1.30 bits per heavy atom. The van der Waals surface area contributed by atoms with Crippen LogP contribution in [0.25, 0.3) is 0 Å². The minimum atomic E-state index is -2.89. The molecular weight excluding hydrogens is 406 g/mol. The molecule has 1 N–H and O–H groups in total. The van der Waals surface area contributed by atoms with E-state index in [9.17, 15) is 8.42 Å². The van der Waals surface area contributed by atoms with Crippen molar-refractivity contribution in [2.75, 3.05) is 18.6 Å². The summed E-state index contributed by atoms with van der Waals surface area (Å²) in [5.41, 5.74) is 1.18. The number of benzene rings is 1. The fraction of sp³-hybridized carbons (Fsp3) is 0.571. The molecule has 0 saturated heterocycles. The van der Waals surface area contributed by atoms with Crippen molar-refractivity contribution in [1.82, 2.24) is 5.32 Å². The summed E-state index contributed by atoms with van der Waals surface area (Å²) < 4.78 is 24.5. The maximum Gasteiger partial charge on any atom is 0.147 e. The zero-order valence-corrected chi connectivity index (χ0v) is 15.8. The Morgan fingerprint density at radius 2 is 2.00 bits per heavy atom. The van der Waals surface area contributed by atoms with Gasteiger partial charge < -0.3 is 5.32 Å². The van der Waals surface area contributed by atoms with Gasteiger partial charge in [0.15, 0.2) is 0 Å². The van der Waals surface area contributed by atoms with Gasteiger partial charge in [-0.2, -0.15) is 0 Å². The van der Waals surface area contributed by atoms with Crippen molar-refractivity contribution in [2.45, 2.75) is 32.2 Å². The van der Waals surface area contributed by atoms with Gasteiger partial charge in [0.25, 0.3) is 0 Å². The largest absolute Gasteiger partial charge is 0.310 e. The summed E-state index contributed by atoms with van der Waals surface area (Å²) in [5, 5.41) is 3.49. The van der Waals surface area contributed by atoms with Crippen LogP contribution in [-0.2, 0) is 9.84 Å². The average Bonchev–Trinajstić information content (AvgIpc) is 2.33. The Hall–Kier alpha value is 0.0900. The van der Waals surface area contributed by atoms with E-state index < -0.39 is 9.84 Å². The zero-order valence-electron chi connectivity index (χ0n) is 11.8. The predicted molar refractivity (Wildman–Crippen MR) is 91.8 cm³/mol. The summed E-state index contributed by atoms with van der Waals surface area (Å²) in [6, 6.07) is 6.28. The van der Waals surface area contributed by atoms with Gasteiger partial charge in [0.05, 0.1) is 0 Å². The molecule has 20 heavy (non-hydrogen) atoms. The summed E-state index contributed by atoms with van der Waals surface area (Å²) in [4.78, 5) is 0. The van der Waals surface area contributed by atoms with Gasteiger partial charge in [-0.1, -0.05) is 44.8 Å². The molecule has 3 nitrogen and oxygen atoms in total. The van der Waals surface area contributed by atoms with Crippen molar-refractivity contribution in [3.05, 3.63) is 32.7 Å². The molecule has 0 saturated carbocycles. The van der Waals surface area contributed by atoms with Crippen LogP contribution in [0.15, 0.2) is 27.1 Å². The SMILES string of the molecule is CCCNC(CCCS(C)(=O)=O)c1ccc(Br)cc1Br. The number of halogens is 2. The van der Waals surface area contributed by atoms with Crippen molar-refractivity contribution in [3.8, 4) is 0 Å². The molecule has 0 aliphatic rings. The highest BCUT2D eigenvalue weighted by molar-refractivity contribution is 9.11. The molecule has 1 aromatic rings. The molecule has 0 aliphatic heterocycles. The predicted octanol–water partition coefficient (Wildman–Crippen LogP) is 4.08. The van der Waals surface area contributed by atoms with Crippen molar-refractivity contribution >= 4 is 41.7 Å². The molecule has 0 amide bonds. The van der Waals surface area contributed by atoms with E-state index in [0.29, 0.717) is 6.42 Å². The summed E-state index contributed by atoms with van der Waals surface area (Å²) in [5.74, 6) is 0.242. The van der Waals surface area contributed by atoms with Crippen molar-refractivity contribution in [2.24, 2.45) is 0 Å². The fourth-order valence-electron chi connectivity index (χ4n) is 2.02. The smallest absolute Gasteiger partial charge is 0.147 e. The monoisotopic (exact) mass is 425 g/mol. The molecule has 1 aromatic carbocycles. The van der Waals surface area contributed by atoms with Crippen LogP contribution in [0.3, 0.4) is 0 Å². The van der Waals surface area contributed by atoms with E-state index in [2.05, 4.69) is 50.2 Å². The molecule has 0 heterocycles. The van der Waals surface area contributed by atoms with Crippen LogP contribution >= 0.6 is 31.9 Å². The summed E-state index contributed by atoms with van der Waals surface area (Å²) in [6.07, 6.45) is 3.82. The van der Waals surface area contributed by atoms with Gasteiger partial charge >= 0.3 is 0 Å². The molecule has 1 atom stereocenters. The number of sulfone groups is 1. The van der Waals surface area contributed by atoms with Crippen LogP contribution in [0.2, 0.25) is 0 Å². The number of rotatable bonds is 8. The highest BCUT2D eigenvalue weighted by atomic mass is 79.9. The van der Waals surface area contributed by atoms with Gasteiger partial charge in [0.1, 0.15) is 9.84 Å². The van der Waals surface area contributed by atoms with Gasteiger partial charge in [0, 0.05) is 27.0 Å². The molecule has 0 aromatic heterocycles.